The van der Waals surface area contributed by atoms with E-state index in [-0.39, 0.29) is 11.2 Å². The Morgan fingerprint density at radius 2 is 1.83 bits per heavy atom. The van der Waals surface area contributed by atoms with Crippen LogP contribution in [0.15, 0.2) is 36.4 Å². The van der Waals surface area contributed by atoms with Crippen LogP contribution in [0.1, 0.15) is 87.4 Å². The molecule has 3 heteroatoms. The highest BCUT2D eigenvalue weighted by molar-refractivity contribution is 5.76. The maximum absolute atomic E-state index is 11.1. The lowest BCUT2D eigenvalue weighted by molar-refractivity contribution is 0.112. The largest absolute Gasteiger partial charge is 0.508 e. The van der Waals surface area contributed by atoms with Gasteiger partial charge in [0.2, 0.25) is 0 Å². The number of phenols is 1. The monoisotopic (exact) mass is 394 g/mol. The lowest BCUT2D eigenvalue weighted by atomic mass is 9.75. The van der Waals surface area contributed by atoms with Crippen LogP contribution < -0.4 is 4.74 Å². The van der Waals surface area contributed by atoms with Crippen molar-refractivity contribution in [3.05, 3.63) is 58.7 Å². The first kappa shape index (κ1) is 21.4. The number of rotatable bonds is 9. The van der Waals surface area contributed by atoms with Gasteiger partial charge in [-0.25, -0.2) is 0 Å². The van der Waals surface area contributed by atoms with E-state index in [2.05, 4.69) is 52.8 Å². The van der Waals surface area contributed by atoms with Crippen LogP contribution in [0, 0.1) is 5.92 Å². The summed E-state index contributed by atoms with van der Waals surface area (Å²) in [6.45, 7) is 11.9. The second-order valence-corrected chi connectivity index (χ2v) is 8.97. The average Bonchev–Trinajstić information content (AvgIpc) is 3.42. The standard InChI is InChI=1S/C26H34O3/c1-6-25(5,7-2)21-9-20(10-22(13-21)26(8-3)15-18(26)4)17-29-24-12-19(16-27)11-23(28)14-24/h9-14,16,18,28H,6-8,15,17H2,1-5H3. The van der Waals surface area contributed by atoms with E-state index in [9.17, 15) is 9.90 Å². The van der Waals surface area contributed by atoms with Crippen molar-refractivity contribution in [2.24, 2.45) is 5.92 Å². The first-order valence-corrected chi connectivity index (χ1v) is 10.9. The van der Waals surface area contributed by atoms with E-state index in [4.69, 9.17) is 4.74 Å². The molecule has 0 spiro atoms. The second-order valence-electron chi connectivity index (χ2n) is 8.97. The number of carbonyl (C=O) groups excluding carboxylic acids is 1. The van der Waals surface area contributed by atoms with Crippen LogP contribution in [0.25, 0.3) is 0 Å². The van der Waals surface area contributed by atoms with Gasteiger partial charge in [0.15, 0.2) is 0 Å². The molecule has 1 fully saturated rings. The number of ether oxygens (including phenoxy) is 1. The fourth-order valence-electron chi connectivity index (χ4n) is 4.58. The summed E-state index contributed by atoms with van der Waals surface area (Å²) in [6.07, 6.45) is 5.31. The molecule has 2 aromatic carbocycles. The Hall–Kier alpha value is -2.29. The normalized spacial score (nSPS) is 21.1. The SMILES string of the molecule is CCC(C)(CC)c1cc(COc2cc(O)cc(C=O)c2)cc(C2(CC)CC2C)c1. The molecule has 1 saturated carbocycles. The van der Waals surface area contributed by atoms with Crippen LogP contribution in [-0.4, -0.2) is 11.4 Å². The zero-order valence-corrected chi connectivity index (χ0v) is 18.4. The van der Waals surface area contributed by atoms with Gasteiger partial charge in [0.1, 0.15) is 24.4 Å². The van der Waals surface area contributed by atoms with Crippen molar-refractivity contribution in [1.82, 2.24) is 0 Å². The highest BCUT2D eigenvalue weighted by atomic mass is 16.5. The smallest absolute Gasteiger partial charge is 0.150 e. The summed E-state index contributed by atoms with van der Waals surface area (Å²) >= 11 is 0. The van der Waals surface area contributed by atoms with E-state index in [1.807, 2.05) is 0 Å². The van der Waals surface area contributed by atoms with Gasteiger partial charge in [0, 0.05) is 11.6 Å². The van der Waals surface area contributed by atoms with Gasteiger partial charge >= 0.3 is 0 Å². The number of aromatic hydroxyl groups is 1. The van der Waals surface area contributed by atoms with Crippen molar-refractivity contribution in [3.8, 4) is 11.5 Å². The Labute approximate surface area is 175 Å². The molecule has 0 saturated heterocycles. The molecule has 2 aromatic rings. The van der Waals surface area contributed by atoms with Crippen LogP contribution >= 0.6 is 0 Å². The minimum atomic E-state index is 0.0420. The predicted octanol–water partition coefficient (Wildman–Crippen LogP) is 6.55. The summed E-state index contributed by atoms with van der Waals surface area (Å²) in [4.78, 5) is 11.1. The van der Waals surface area contributed by atoms with Crippen LogP contribution in [-0.2, 0) is 17.4 Å². The van der Waals surface area contributed by atoms with Crippen molar-refractivity contribution in [2.75, 3.05) is 0 Å². The molecule has 2 unspecified atom stereocenters. The second kappa shape index (κ2) is 8.22. The molecule has 3 nitrogen and oxygen atoms in total. The molecule has 156 valence electrons. The molecular formula is C26H34O3. The Morgan fingerprint density at radius 3 is 2.38 bits per heavy atom. The Kier molecular flexibility index (Phi) is 6.07. The minimum Gasteiger partial charge on any atom is -0.508 e. The average molecular weight is 395 g/mol. The first-order valence-electron chi connectivity index (χ1n) is 10.9. The molecule has 0 radical (unpaired) electrons. The summed E-state index contributed by atoms with van der Waals surface area (Å²) in [5.74, 6) is 1.27. The summed E-state index contributed by atoms with van der Waals surface area (Å²) in [6, 6.07) is 11.7. The van der Waals surface area contributed by atoms with Crippen LogP contribution in [0.5, 0.6) is 11.5 Å². The minimum absolute atomic E-state index is 0.0420. The number of phenolic OH excluding ortho intramolecular Hbond substituents is 1. The van der Waals surface area contributed by atoms with E-state index < -0.39 is 0 Å². The maximum Gasteiger partial charge on any atom is 0.150 e. The number of hydrogen-bond acceptors (Lipinski definition) is 3. The molecule has 1 aliphatic carbocycles. The lowest BCUT2D eigenvalue weighted by Gasteiger charge is -2.30. The summed E-state index contributed by atoms with van der Waals surface area (Å²) in [5.41, 5.74) is 4.82. The third-order valence-electron chi connectivity index (χ3n) is 7.37. The van der Waals surface area contributed by atoms with E-state index >= 15 is 0 Å². The fraction of sp³-hybridized carbons (Fsp3) is 0.500. The van der Waals surface area contributed by atoms with Gasteiger partial charge in [-0.15, -0.1) is 0 Å². The van der Waals surface area contributed by atoms with Crippen LogP contribution in [0.2, 0.25) is 0 Å². The van der Waals surface area contributed by atoms with E-state index in [1.165, 1.54) is 23.6 Å². The number of carbonyl (C=O) groups is 1. The van der Waals surface area contributed by atoms with Gasteiger partial charge in [-0.2, -0.15) is 0 Å². The molecule has 1 aliphatic rings. The van der Waals surface area contributed by atoms with Crippen LogP contribution in [0.4, 0.5) is 0 Å². The molecule has 0 aromatic heterocycles. The first-order chi connectivity index (χ1) is 13.8. The van der Waals surface area contributed by atoms with Gasteiger partial charge in [0.05, 0.1) is 0 Å². The number of benzene rings is 2. The molecule has 29 heavy (non-hydrogen) atoms. The lowest BCUT2D eigenvalue weighted by Crippen LogP contribution is -2.21. The van der Waals surface area contributed by atoms with Crippen molar-refractivity contribution < 1.29 is 14.6 Å². The maximum atomic E-state index is 11.1. The Morgan fingerprint density at radius 1 is 1.14 bits per heavy atom. The summed E-state index contributed by atoms with van der Waals surface area (Å²) < 4.78 is 5.98. The highest BCUT2D eigenvalue weighted by Gasteiger charge is 2.50. The van der Waals surface area contributed by atoms with Crippen molar-refractivity contribution in [2.45, 2.75) is 77.7 Å². The molecule has 0 amide bonds. The van der Waals surface area contributed by atoms with Crippen molar-refractivity contribution >= 4 is 6.29 Å². The molecule has 0 heterocycles. The van der Waals surface area contributed by atoms with E-state index in [0.717, 1.165) is 31.1 Å². The molecule has 0 bridgehead atoms. The quantitative estimate of drug-likeness (QED) is 0.491. The zero-order chi connectivity index (χ0) is 21.2. The molecule has 1 N–H and O–H groups in total. The number of aldehydes is 1. The van der Waals surface area contributed by atoms with Gasteiger partial charge in [-0.05, 0) is 71.3 Å². The van der Waals surface area contributed by atoms with Crippen LogP contribution in [0.3, 0.4) is 0 Å². The van der Waals surface area contributed by atoms with Crippen molar-refractivity contribution in [3.63, 3.8) is 0 Å². The molecule has 0 aliphatic heterocycles. The van der Waals surface area contributed by atoms with E-state index in [1.54, 1.807) is 12.1 Å². The highest BCUT2D eigenvalue weighted by Crippen LogP contribution is 2.57. The molecule has 3 rings (SSSR count). The summed E-state index contributed by atoms with van der Waals surface area (Å²) in [7, 11) is 0. The Balaban J connectivity index is 1.95. The van der Waals surface area contributed by atoms with Gasteiger partial charge in [-0.3, -0.25) is 4.79 Å². The number of hydrogen-bond donors (Lipinski definition) is 1. The predicted molar refractivity (Wildman–Crippen MR) is 118 cm³/mol. The molecule has 2 atom stereocenters. The fourth-order valence-corrected chi connectivity index (χ4v) is 4.58. The topological polar surface area (TPSA) is 46.5 Å². The van der Waals surface area contributed by atoms with Gasteiger partial charge in [0.25, 0.3) is 0 Å². The van der Waals surface area contributed by atoms with Gasteiger partial charge < -0.3 is 9.84 Å². The van der Waals surface area contributed by atoms with Crippen molar-refractivity contribution in [1.29, 1.82) is 0 Å². The zero-order valence-electron chi connectivity index (χ0n) is 18.4. The molecular weight excluding hydrogens is 360 g/mol. The Bertz CT molecular complexity index is 849. The summed E-state index contributed by atoms with van der Waals surface area (Å²) in [5, 5.41) is 9.82. The van der Waals surface area contributed by atoms with Gasteiger partial charge in [-0.1, -0.05) is 52.8 Å². The third kappa shape index (κ3) is 4.19. The third-order valence-corrected chi connectivity index (χ3v) is 7.37. The van der Waals surface area contributed by atoms with E-state index in [0.29, 0.717) is 29.3 Å².